The maximum atomic E-state index is 14.6. The Labute approximate surface area is 207 Å². The molecule has 2 heterocycles. The number of hydrogen-bond acceptors (Lipinski definition) is 5. The largest absolute Gasteiger partial charge is 0.504 e. The molecule has 0 spiro atoms. The van der Waals surface area contributed by atoms with Gasteiger partial charge in [0.15, 0.2) is 11.5 Å². The first-order valence-corrected chi connectivity index (χ1v) is 12.3. The molecule has 6 nitrogen and oxygen atoms in total. The van der Waals surface area contributed by atoms with E-state index in [0.29, 0.717) is 18.1 Å². The predicted octanol–water partition coefficient (Wildman–Crippen LogP) is 4.54. The third-order valence-electron chi connectivity index (χ3n) is 7.31. The number of likely N-dealkylation sites (N-methyl/N-ethyl adjacent to an activating group) is 1. The Morgan fingerprint density at radius 2 is 1.91 bits per heavy atom. The first-order valence-electron chi connectivity index (χ1n) is 12.3. The zero-order chi connectivity index (χ0) is 24.9. The van der Waals surface area contributed by atoms with E-state index in [1.807, 2.05) is 42.9 Å². The van der Waals surface area contributed by atoms with E-state index in [1.54, 1.807) is 25.3 Å². The molecule has 188 valence electrons. The predicted molar refractivity (Wildman–Crippen MR) is 136 cm³/mol. The molecule has 1 aliphatic heterocycles. The van der Waals surface area contributed by atoms with Crippen molar-refractivity contribution in [2.45, 2.75) is 45.3 Å². The van der Waals surface area contributed by atoms with E-state index in [1.165, 1.54) is 5.56 Å². The molecule has 0 bridgehead atoms. The van der Waals surface area contributed by atoms with Crippen molar-refractivity contribution >= 4 is 0 Å². The van der Waals surface area contributed by atoms with Crippen LogP contribution in [0.3, 0.4) is 0 Å². The quantitative estimate of drug-likeness (QED) is 0.488. The molecule has 35 heavy (non-hydrogen) atoms. The Balaban J connectivity index is 1.44. The monoisotopic (exact) mass is 480 g/mol. The number of likely N-dealkylation sites (tertiary alicyclic amines) is 1. The fourth-order valence-electron chi connectivity index (χ4n) is 5.35. The number of phenols is 1. The van der Waals surface area contributed by atoms with Crippen LogP contribution in [0.25, 0.3) is 0 Å². The molecular formula is C28H37FN4O2. The van der Waals surface area contributed by atoms with Gasteiger partial charge in [-0.2, -0.15) is 5.10 Å². The van der Waals surface area contributed by atoms with Crippen LogP contribution in [-0.4, -0.2) is 58.0 Å². The number of aromatic hydroxyl groups is 1. The lowest BCUT2D eigenvalue weighted by Crippen LogP contribution is -2.45. The van der Waals surface area contributed by atoms with Gasteiger partial charge in [0.1, 0.15) is 5.82 Å². The molecule has 1 saturated heterocycles. The summed E-state index contributed by atoms with van der Waals surface area (Å²) in [6.07, 6.45) is 4.88. The van der Waals surface area contributed by atoms with Crippen LogP contribution in [0, 0.1) is 18.7 Å². The SMILES string of the molecule is COc1ccc(CN2CCC([C@H](Cc3ccccc3F)N(C)Cc3cn(C)nc3C)CC2)cc1O. The highest BCUT2D eigenvalue weighted by atomic mass is 19.1. The number of aromatic nitrogens is 2. The van der Waals surface area contributed by atoms with Crippen molar-refractivity contribution < 1.29 is 14.2 Å². The Bertz CT molecular complexity index is 1120. The lowest BCUT2D eigenvalue weighted by atomic mass is 9.84. The van der Waals surface area contributed by atoms with Crippen LogP contribution in [0.4, 0.5) is 4.39 Å². The van der Waals surface area contributed by atoms with Gasteiger partial charge in [0.2, 0.25) is 0 Å². The molecule has 1 atom stereocenters. The molecule has 0 unspecified atom stereocenters. The zero-order valence-electron chi connectivity index (χ0n) is 21.2. The molecule has 4 rings (SSSR count). The highest BCUT2D eigenvalue weighted by molar-refractivity contribution is 5.41. The molecule has 1 N–H and O–H groups in total. The number of rotatable bonds is 9. The lowest BCUT2D eigenvalue weighted by Gasteiger charge is -2.40. The molecule has 0 amide bonds. The van der Waals surface area contributed by atoms with Crippen LogP contribution in [0.15, 0.2) is 48.7 Å². The summed E-state index contributed by atoms with van der Waals surface area (Å²) in [5.74, 6) is 1.02. The normalized spacial score (nSPS) is 16.1. The van der Waals surface area contributed by atoms with Gasteiger partial charge in [0, 0.05) is 37.9 Å². The summed E-state index contributed by atoms with van der Waals surface area (Å²) < 4.78 is 21.6. The van der Waals surface area contributed by atoms with Crippen LogP contribution >= 0.6 is 0 Å². The van der Waals surface area contributed by atoms with Crippen molar-refractivity contribution in [3.63, 3.8) is 0 Å². The van der Waals surface area contributed by atoms with Crippen molar-refractivity contribution in [1.29, 1.82) is 0 Å². The molecule has 0 aliphatic carbocycles. The minimum absolute atomic E-state index is 0.125. The van der Waals surface area contributed by atoms with E-state index in [-0.39, 0.29) is 17.6 Å². The van der Waals surface area contributed by atoms with E-state index in [0.717, 1.165) is 55.8 Å². The first kappa shape index (κ1) is 25.2. The summed E-state index contributed by atoms with van der Waals surface area (Å²) in [6.45, 7) is 5.59. The van der Waals surface area contributed by atoms with Gasteiger partial charge >= 0.3 is 0 Å². The topological polar surface area (TPSA) is 53.8 Å². The van der Waals surface area contributed by atoms with Gasteiger partial charge in [0.25, 0.3) is 0 Å². The number of methoxy groups -OCH3 is 1. The van der Waals surface area contributed by atoms with Crippen molar-refractivity contribution in [2.75, 3.05) is 27.2 Å². The number of ether oxygens (including phenoxy) is 1. The Morgan fingerprint density at radius 1 is 1.17 bits per heavy atom. The van der Waals surface area contributed by atoms with E-state index in [4.69, 9.17) is 4.74 Å². The molecule has 7 heteroatoms. The summed E-state index contributed by atoms with van der Waals surface area (Å²) in [6, 6.07) is 13.0. The smallest absolute Gasteiger partial charge is 0.160 e. The number of piperidine rings is 1. The van der Waals surface area contributed by atoms with Crippen molar-refractivity contribution in [3.05, 3.63) is 76.9 Å². The third-order valence-corrected chi connectivity index (χ3v) is 7.31. The van der Waals surface area contributed by atoms with Crippen LogP contribution in [0.2, 0.25) is 0 Å². The third kappa shape index (κ3) is 6.21. The second-order valence-electron chi connectivity index (χ2n) is 9.81. The molecule has 1 fully saturated rings. The van der Waals surface area contributed by atoms with E-state index < -0.39 is 0 Å². The summed E-state index contributed by atoms with van der Waals surface area (Å²) in [5.41, 5.74) is 4.11. The van der Waals surface area contributed by atoms with Crippen LogP contribution in [0.1, 0.15) is 35.2 Å². The minimum atomic E-state index is -0.125. The maximum Gasteiger partial charge on any atom is 0.160 e. The Morgan fingerprint density at radius 3 is 2.54 bits per heavy atom. The number of halogens is 1. The molecular weight excluding hydrogens is 443 g/mol. The zero-order valence-corrected chi connectivity index (χ0v) is 21.2. The summed E-state index contributed by atoms with van der Waals surface area (Å²) in [5, 5.41) is 14.6. The van der Waals surface area contributed by atoms with Crippen LogP contribution in [0.5, 0.6) is 11.5 Å². The molecule has 0 saturated carbocycles. The average molecular weight is 481 g/mol. The fraction of sp³-hybridized carbons (Fsp3) is 0.464. The van der Waals surface area contributed by atoms with Gasteiger partial charge in [-0.05, 0) is 81.6 Å². The van der Waals surface area contributed by atoms with Gasteiger partial charge in [0.05, 0.1) is 12.8 Å². The molecule has 3 aromatic rings. The number of phenolic OH excluding ortho intramolecular Hbond substituents is 1. The van der Waals surface area contributed by atoms with E-state index >= 15 is 0 Å². The summed E-state index contributed by atoms with van der Waals surface area (Å²) >= 11 is 0. The lowest BCUT2D eigenvalue weighted by molar-refractivity contribution is 0.0948. The van der Waals surface area contributed by atoms with E-state index in [9.17, 15) is 9.50 Å². The van der Waals surface area contributed by atoms with Gasteiger partial charge in [-0.15, -0.1) is 0 Å². The standard InChI is InChI=1S/C28H37FN4O2/c1-20-24(19-32(3)30-20)18-31(2)26(16-23-7-5-6-8-25(23)29)22-11-13-33(14-12-22)17-21-9-10-28(35-4)27(34)15-21/h5-10,15,19,22,26,34H,11-14,16-18H2,1-4H3/t26-/m0/s1. The van der Waals surface area contributed by atoms with E-state index in [2.05, 4.69) is 28.1 Å². The van der Waals surface area contributed by atoms with Crippen molar-refractivity contribution in [3.8, 4) is 11.5 Å². The second-order valence-corrected chi connectivity index (χ2v) is 9.81. The highest BCUT2D eigenvalue weighted by Gasteiger charge is 2.30. The van der Waals surface area contributed by atoms with Gasteiger partial charge in [-0.1, -0.05) is 24.3 Å². The van der Waals surface area contributed by atoms with Gasteiger partial charge in [-0.3, -0.25) is 14.5 Å². The minimum Gasteiger partial charge on any atom is -0.504 e. The fourth-order valence-corrected chi connectivity index (χ4v) is 5.35. The van der Waals surface area contributed by atoms with Gasteiger partial charge < -0.3 is 9.84 Å². The second kappa shape index (κ2) is 11.2. The summed E-state index contributed by atoms with van der Waals surface area (Å²) in [4.78, 5) is 4.82. The number of benzene rings is 2. The Kier molecular flexibility index (Phi) is 8.08. The Hall–Kier alpha value is -2.90. The molecule has 0 radical (unpaired) electrons. The van der Waals surface area contributed by atoms with Crippen LogP contribution in [-0.2, 0) is 26.6 Å². The average Bonchev–Trinajstić information content (AvgIpc) is 3.15. The van der Waals surface area contributed by atoms with Crippen LogP contribution < -0.4 is 4.74 Å². The molecule has 2 aromatic carbocycles. The summed E-state index contributed by atoms with van der Waals surface area (Å²) in [7, 11) is 5.67. The number of hydrogen-bond donors (Lipinski definition) is 1. The molecule has 1 aliphatic rings. The number of aryl methyl sites for hydroxylation is 2. The molecule has 1 aromatic heterocycles. The highest BCUT2D eigenvalue weighted by Crippen LogP contribution is 2.30. The van der Waals surface area contributed by atoms with Gasteiger partial charge in [-0.25, -0.2) is 4.39 Å². The first-order chi connectivity index (χ1) is 16.8. The number of nitrogens with zero attached hydrogens (tertiary/aromatic N) is 4. The van der Waals surface area contributed by atoms with Crippen molar-refractivity contribution in [2.24, 2.45) is 13.0 Å². The van der Waals surface area contributed by atoms with Crippen molar-refractivity contribution in [1.82, 2.24) is 19.6 Å². The maximum absolute atomic E-state index is 14.6.